The van der Waals surface area contributed by atoms with Crippen LogP contribution in [0.25, 0.3) is 119 Å². The van der Waals surface area contributed by atoms with E-state index in [1.165, 1.54) is 102 Å². The quantitative estimate of drug-likeness (QED) is 0.177. The second-order valence-electron chi connectivity index (χ2n) is 15.1. The van der Waals surface area contributed by atoms with Gasteiger partial charge in [-0.25, -0.2) is 4.98 Å². The molecule has 57 heavy (non-hydrogen) atoms. The average Bonchev–Trinajstić information content (AvgIpc) is 3.92. The first-order valence-corrected chi connectivity index (χ1v) is 20.3. The van der Waals surface area contributed by atoms with Gasteiger partial charge < -0.3 is 9.13 Å². The maximum absolute atomic E-state index is 5.25. The predicted octanol–water partition coefficient (Wildman–Crippen LogP) is 14.8. The molecule has 13 rings (SSSR count). The van der Waals surface area contributed by atoms with Gasteiger partial charge in [0.2, 0.25) is 0 Å². The lowest BCUT2D eigenvalue weighted by Crippen LogP contribution is -1.97. The van der Waals surface area contributed by atoms with E-state index < -0.39 is 0 Å². The molecule has 0 aliphatic rings. The molecule has 4 heteroatoms. The first-order chi connectivity index (χ1) is 28.3. The lowest BCUT2D eigenvalue weighted by molar-refractivity contribution is 1.19. The predicted molar refractivity (Wildman–Crippen MR) is 244 cm³/mol. The highest BCUT2D eigenvalue weighted by molar-refractivity contribution is 7.26. The number of hydrogen-bond donors (Lipinski definition) is 0. The number of rotatable bonds is 3. The second-order valence-corrected chi connectivity index (χ2v) is 16.2. The zero-order valence-corrected chi connectivity index (χ0v) is 31.5. The van der Waals surface area contributed by atoms with Crippen LogP contribution in [0.1, 0.15) is 0 Å². The summed E-state index contributed by atoms with van der Waals surface area (Å²) in [6, 6.07) is 69.0. The van der Waals surface area contributed by atoms with Crippen LogP contribution in [0.15, 0.2) is 188 Å². The highest BCUT2D eigenvalue weighted by Gasteiger charge is 2.22. The summed E-state index contributed by atoms with van der Waals surface area (Å²) in [5.41, 5.74) is 11.6. The van der Waals surface area contributed by atoms with Crippen molar-refractivity contribution in [3.05, 3.63) is 188 Å². The van der Waals surface area contributed by atoms with E-state index in [9.17, 15) is 0 Å². The molecule has 0 bridgehead atoms. The van der Waals surface area contributed by atoms with Crippen LogP contribution in [0, 0.1) is 0 Å². The van der Waals surface area contributed by atoms with E-state index in [1.807, 2.05) is 11.3 Å². The van der Waals surface area contributed by atoms with Crippen molar-refractivity contribution in [1.82, 2.24) is 14.1 Å². The number of aromatic nitrogens is 3. The molecular weight excluding hydrogens is 711 g/mol. The van der Waals surface area contributed by atoms with Gasteiger partial charge >= 0.3 is 0 Å². The van der Waals surface area contributed by atoms with Gasteiger partial charge in [-0.2, -0.15) is 0 Å². The van der Waals surface area contributed by atoms with E-state index >= 15 is 0 Å². The number of benzene rings is 9. The largest absolute Gasteiger partial charge is 0.309 e. The first kappa shape index (κ1) is 31.0. The van der Waals surface area contributed by atoms with Crippen molar-refractivity contribution in [3.8, 4) is 22.5 Å². The van der Waals surface area contributed by atoms with Gasteiger partial charge in [0, 0.05) is 42.7 Å². The molecule has 0 saturated heterocycles. The van der Waals surface area contributed by atoms with Gasteiger partial charge in [0.05, 0.1) is 43.5 Å². The summed E-state index contributed by atoms with van der Waals surface area (Å²) in [5, 5.41) is 12.4. The van der Waals surface area contributed by atoms with Gasteiger partial charge in [-0.3, -0.25) is 0 Å². The summed E-state index contributed by atoms with van der Waals surface area (Å²) in [5.74, 6) is 0. The summed E-state index contributed by atoms with van der Waals surface area (Å²) < 4.78 is 7.40. The zero-order chi connectivity index (χ0) is 37.2. The molecule has 0 fully saturated rings. The third-order valence-electron chi connectivity index (χ3n) is 12.1. The molecule has 0 unspecified atom stereocenters. The number of fused-ring (bicyclic) bond motifs is 13. The average molecular weight is 742 g/mol. The zero-order valence-electron chi connectivity index (χ0n) is 30.6. The van der Waals surface area contributed by atoms with Crippen LogP contribution >= 0.6 is 11.3 Å². The second kappa shape index (κ2) is 11.6. The van der Waals surface area contributed by atoms with Crippen molar-refractivity contribution >= 4 is 108 Å². The standard InChI is InChI=1S/C53H31N3S/c1-2-13-34-29-37(25-21-32(34)11-1)55-47-27-24-36(31-43(47)50-38-14-4-3-12-33(38)22-28-48(50)55)35-23-26-46-42(30-35)39-15-6-9-19-45(39)56(46)52-40-16-5-8-18-44(40)54-51-41-17-7-10-20-49(41)57-53(51)52/h1-31H. The smallest absolute Gasteiger partial charge is 0.0917 e. The van der Waals surface area contributed by atoms with Gasteiger partial charge in [-0.05, 0) is 93.3 Å². The molecular formula is C53H31N3S. The number of para-hydroxylation sites is 2. The van der Waals surface area contributed by atoms with Gasteiger partial charge in [-0.1, -0.05) is 127 Å². The third kappa shape index (κ3) is 4.39. The minimum atomic E-state index is 1.01. The van der Waals surface area contributed by atoms with Crippen molar-refractivity contribution in [2.75, 3.05) is 0 Å². The van der Waals surface area contributed by atoms with Crippen molar-refractivity contribution < 1.29 is 0 Å². The van der Waals surface area contributed by atoms with E-state index in [1.54, 1.807) is 0 Å². The van der Waals surface area contributed by atoms with Crippen LogP contribution in [0.3, 0.4) is 0 Å². The fourth-order valence-electron chi connectivity index (χ4n) is 9.50. The minimum absolute atomic E-state index is 1.01. The van der Waals surface area contributed by atoms with Gasteiger partial charge in [0.25, 0.3) is 0 Å². The maximum atomic E-state index is 5.25. The van der Waals surface area contributed by atoms with Gasteiger partial charge in [-0.15, -0.1) is 11.3 Å². The molecule has 0 saturated carbocycles. The molecule has 0 spiro atoms. The fraction of sp³-hybridized carbons (Fsp3) is 0. The maximum Gasteiger partial charge on any atom is 0.0917 e. The Balaban J connectivity index is 1.07. The molecule has 0 atom stereocenters. The fourth-order valence-corrected chi connectivity index (χ4v) is 10.7. The molecule has 0 radical (unpaired) electrons. The summed E-state index contributed by atoms with van der Waals surface area (Å²) in [6.07, 6.45) is 0. The Morgan fingerprint density at radius 2 is 1.00 bits per heavy atom. The van der Waals surface area contributed by atoms with Crippen molar-refractivity contribution in [2.24, 2.45) is 0 Å². The van der Waals surface area contributed by atoms with E-state index in [0.717, 1.165) is 16.4 Å². The normalized spacial score (nSPS) is 12.2. The Bertz CT molecular complexity index is 3820. The number of thiophene rings is 1. The SMILES string of the molecule is c1ccc2cc(-n3c4ccc(-c5ccc6c(c5)c5ccccc5n6-c5c6ccccc6nc6c5sc5ccccc56)cc4c4c5ccccc5ccc43)ccc2c1. The topological polar surface area (TPSA) is 22.8 Å². The van der Waals surface area contributed by atoms with Gasteiger partial charge in [0.15, 0.2) is 0 Å². The van der Waals surface area contributed by atoms with Crippen LogP contribution in [0.5, 0.6) is 0 Å². The van der Waals surface area contributed by atoms with Crippen molar-refractivity contribution in [2.45, 2.75) is 0 Å². The van der Waals surface area contributed by atoms with Crippen LogP contribution < -0.4 is 0 Å². The molecule has 0 amide bonds. The molecule has 0 aliphatic carbocycles. The van der Waals surface area contributed by atoms with Gasteiger partial charge in [0.1, 0.15) is 0 Å². The number of hydrogen-bond acceptors (Lipinski definition) is 2. The Morgan fingerprint density at radius 1 is 0.386 bits per heavy atom. The first-order valence-electron chi connectivity index (χ1n) is 19.5. The van der Waals surface area contributed by atoms with Crippen molar-refractivity contribution in [3.63, 3.8) is 0 Å². The summed E-state index contributed by atoms with van der Waals surface area (Å²) >= 11 is 1.84. The Labute approximate surface area is 330 Å². The molecule has 13 aromatic rings. The molecule has 3 nitrogen and oxygen atoms in total. The van der Waals surface area contributed by atoms with Crippen molar-refractivity contribution in [1.29, 1.82) is 0 Å². The lowest BCUT2D eigenvalue weighted by atomic mass is 9.99. The highest BCUT2D eigenvalue weighted by atomic mass is 32.1. The summed E-state index contributed by atoms with van der Waals surface area (Å²) in [6.45, 7) is 0. The lowest BCUT2D eigenvalue weighted by Gasteiger charge is -2.13. The Hall–Kier alpha value is -7.27. The minimum Gasteiger partial charge on any atom is -0.309 e. The monoisotopic (exact) mass is 741 g/mol. The third-order valence-corrected chi connectivity index (χ3v) is 13.2. The van der Waals surface area contributed by atoms with Crippen LogP contribution in [-0.4, -0.2) is 14.1 Å². The molecule has 264 valence electrons. The molecule has 4 heterocycles. The molecule has 0 N–H and O–H groups in total. The van der Waals surface area contributed by atoms with E-state index in [4.69, 9.17) is 4.98 Å². The highest BCUT2D eigenvalue weighted by Crippen LogP contribution is 2.45. The molecule has 9 aromatic carbocycles. The van der Waals surface area contributed by atoms with E-state index in [2.05, 4.69) is 197 Å². The van der Waals surface area contributed by atoms with Crippen LogP contribution in [0.4, 0.5) is 0 Å². The number of pyridine rings is 1. The Morgan fingerprint density at radius 3 is 1.86 bits per heavy atom. The molecule has 4 aromatic heterocycles. The van der Waals surface area contributed by atoms with E-state index in [0.29, 0.717) is 0 Å². The molecule has 0 aliphatic heterocycles. The Kier molecular flexibility index (Phi) is 6.32. The van der Waals surface area contributed by atoms with Crippen LogP contribution in [-0.2, 0) is 0 Å². The summed E-state index contributed by atoms with van der Waals surface area (Å²) in [7, 11) is 0. The summed E-state index contributed by atoms with van der Waals surface area (Å²) in [4.78, 5) is 5.25. The van der Waals surface area contributed by atoms with Crippen LogP contribution in [0.2, 0.25) is 0 Å². The van der Waals surface area contributed by atoms with E-state index in [-0.39, 0.29) is 0 Å². The number of nitrogens with zero attached hydrogens (tertiary/aromatic N) is 3.